The second-order valence-electron chi connectivity index (χ2n) is 5.25. The SMILES string of the molecule is Cc1cccc(C)c1C(=O)Nc1cccc(CCCO)c1. The van der Waals surface area contributed by atoms with Crippen molar-refractivity contribution < 1.29 is 9.90 Å². The molecule has 0 unspecified atom stereocenters. The van der Waals surface area contributed by atoms with E-state index in [1.165, 1.54) is 0 Å². The Morgan fingerprint density at radius 1 is 1.10 bits per heavy atom. The van der Waals surface area contributed by atoms with Crippen molar-refractivity contribution in [2.45, 2.75) is 26.7 Å². The zero-order valence-electron chi connectivity index (χ0n) is 12.5. The number of benzene rings is 2. The van der Waals surface area contributed by atoms with Crippen molar-refractivity contribution in [2.24, 2.45) is 0 Å². The summed E-state index contributed by atoms with van der Waals surface area (Å²) in [6.07, 6.45) is 1.54. The van der Waals surface area contributed by atoms with Crippen molar-refractivity contribution in [1.82, 2.24) is 0 Å². The molecule has 0 aromatic heterocycles. The summed E-state index contributed by atoms with van der Waals surface area (Å²) in [6, 6.07) is 13.6. The van der Waals surface area contributed by atoms with Crippen LogP contribution in [0.5, 0.6) is 0 Å². The van der Waals surface area contributed by atoms with E-state index < -0.39 is 0 Å². The highest BCUT2D eigenvalue weighted by atomic mass is 16.2. The quantitative estimate of drug-likeness (QED) is 0.882. The molecule has 0 bridgehead atoms. The Morgan fingerprint density at radius 3 is 2.43 bits per heavy atom. The van der Waals surface area contributed by atoms with E-state index in [4.69, 9.17) is 5.11 Å². The van der Waals surface area contributed by atoms with Gasteiger partial charge in [-0.05, 0) is 55.5 Å². The number of aliphatic hydroxyl groups is 1. The van der Waals surface area contributed by atoms with Gasteiger partial charge in [-0.3, -0.25) is 4.79 Å². The van der Waals surface area contributed by atoms with Crippen LogP contribution < -0.4 is 5.32 Å². The standard InChI is InChI=1S/C18H21NO2/c1-13-6-3-7-14(2)17(13)18(21)19-16-10-4-8-15(12-16)9-5-11-20/h3-4,6-8,10,12,20H,5,9,11H2,1-2H3,(H,19,21). The Bertz CT molecular complexity index is 615. The fourth-order valence-electron chi connectivity index (χ4n) is 2.45. The van der Waals surface area contributed by atoms with E-state index in [1.807, 2.05) is 56.3 Å². The van der Waals surface area contributed by atoms with Gasteiger partial charge in [-0.1, -0.05) is 30.3 Å². The smallest absolute Gasteiger partial charge is 0.256 e. The second kappa shape index (κ2) is 7.04. The summed E-state index contributed by atoms with van der Waals surface area (Å²) in [4.78, 5) is 12.4. The van der Waals surface area contributed by atoms with Crippen LogP contribution in [0.2, 0.25) is 0 Å². The number of nitrogens with one attached hydrogen (secondary N) is 1. The van der Waals surface area contributed by atoms with Crippen LogP contribution in [-0.4, -0.2) is 17.6 Å². The zero-order chi connectivity index (χ0) is 15.2. The molecule has 21 heavy (non-hydrogen) atoms. The molecule has 0 spiro atoms. The fourth-order valence-corrected chi connectivity index (χ4v) is 2.45. The van der Waals surface area contributed by atoms with Crippen LogP contribution in [0.1, 0.15) is 33.5 Å². The van der Waals surface area contributed by atoms with Crippen molar-refractivity contribution in [1.29, 1.82) is 0 Å². The van der Waals surface area contributed by atoms with Crippen LogP contribution in [-0.2, 0) is 6.42 Å². The molecule has 110 valence electrons. The lowest BCUT2D eigenvalue weighted by Gasteiger charge is -2.11. The Morgan fingerprint density at radius 2 is 1.76 bits per heavy atom. The molecule has 0 aliphatic rings. The summed E-state index contributed by atoms with van der Waals surface area (Å²) in [7, 11) is 0. The van der Waals surface area contributed by atoms with Gasteiger partial charge in [0.05, 0.1) is 0 Å². The van der Waals surface area contributed by atoms with E-state index in [-0.39, 0.29) is 12.5 Å². The van der Waals surface area contributed by atoms with E-state index >= 15 is 0 Å². The van der Waals surface area contributed by atoms with Gasteiger partial charge in [-0.15, -0.1) is 0 Å². The van der Waals surface area contributed by atoms with Crippen LogP contribution in [0.15, 0.2) is 42.5 Å². The number of hydrogen-bond acceptors (Lipinski definition) is 2. The summed E-state index contributed by atoms with van der Waals surface area (Å²) in [5, 5.41) is 11.8. The molecule has 0 atom stereocenters. The normalized spacial score (nSPS) is 10.4. The molecule has 0 heterocycles. The maximum Gasteiger partial charge on any atom is 0.256 e. The number of hydrogen-bond donors (Lipinski definition) is 2. The van der Waals surface area contributed by atoms with Crippen molar-refractivity contribution in [2.75, 3.05) is 11.9 Å². The molecule has 2 N–H and O–H groups in total. The van der Waals surface area contributed by atoms with Crippen LogP contribution in [0.4, 0.5) is 5.69 Å². The van der Waals surface area contributed by atoms with Crippen molar-refractivity contribution in [3.05, 3.63) is 64.7 Å². The highest BCUT2D eigenvalue weighted by Crippen LogP contribution is 2.17. The molecule has 0 fully saturated rings. The first-order valence-electron chi connectivity index (χ1n) is 7.19. The molecule has 0 saturated heterocycles. The van der Waals surface area contributed by atoms with Gasteiger partial charge in [-0.2, -0.15) is 0 Å². The molecule has 0 aliphatic carbocycles. The summed E-state index contributed by atoms with van der Waals surface area (Å²) >= 11 is 0. The van der Waals surface area contributed by atoms with E-state index in [1.54, 1.807) is 0 Å². The minimum absolute atomic E-state index is 0.0788. The molecule has 0 radical (unpaired) electrons. The van der Waals surface area contributed by atoms with E-state index in [0.717, 1.165) is 40.8 Å². The number of aryl methyl sites for hydroxylation is 3. The lowest BCUT2D eigenvalue weighted by atomic mass is 10.0. The Kier molecular flexibility index (Phi) is 5.12. The number of rotatable bonds is 5. The molecule has 3 heteroatoms. The summed E-state index contributed by atoms with van der Waals surface area (Å²) in [5.41, 5.74) is 4.59. The highest BCUT2D eigenvalue weighted by molar-refractivity contribution is 6.06. The first kappa shape index (κ1) is 15.3. The molecule has 0 saturated carbocycles. The lowest BCUT2D eigenvalue weighted by Crippen LogP contribution is -2.15. The number of carbonyl (C=O) groups excluding carboxylic acids is 1. The molecule has 2 aromatic carbocycles. The van der Waals surface area contributed by atoms with Gasteiger partial charge in [0.15, 0.2) is 0 Å². The zero-order valence-corrected chi connectivity index (χ0v) is 12.5. The lowest BCUT2D eigenvalue weighted by molar-refractivity contribution is 0.102. The third kappa shape index (κ3) is 3.92. The van der Waals surface area contributed by atoms with Crippen LogP contribution in [0.25, 0.3) is 0 Å². The van der Waals surface area contributed by atoms with Crippen LogP contribution >= 0.6 is 0 Å². The molecular formula is C18H21NO2. The number of amides is 1. The van der Waals surface area contributed by atoms with E-state index in [2.05, 4.69) is 5.32 Å². The fraction of sp³-hybridized carbons (Fsp3) is 0.278. The van der Waals surface area contributed by atoms with Gasteiger partial charge < -0.3 is 10.4 Å². The first-order chi connectivity index (χ1) is 10.1. The van der Waals surface area contributed by atoms with E-state index in [9.17, 15) is 4.79 Å². The third-order valence-corrected chi connectivity index (χ3v) is 3.52. The topological polar surface area (TPSA) is 49.3 Å². The average Bonchev–Trinajstić information content (AvgIpc) is 2.45. The van der Waals surface area contributed by atoms with Crippen molar-refractivity contribution in [3.63, 3.8) is 0 Å². The minimum Gasteiger partial charge on any atom is -0.396 e. The predicted molar refractivity (Wildman–Crippen MR) is 85.7 cm³/mol. The Hall–Kier alpha value is -2.13. The highest BCUT2D eigenvalue weighted by Gasteiger charge is 2.12. The molecule has 2 aromatic rings. The van der Waals surface area contributed by atoms with E-state index in [0.29, 0.717) is 0 Å². The summed E-state index contributed by atoms with van der Waals surface area (Å²) in [6.45, 7) is 4.07. The average molecular weight is 283 g/mol. The van der Waals surface area contributed by atoms with Gasteiger partial charge in [0.1, 0.15) is 0 Å². The largest absolute Gasteiger partial charge is 0.396 e. The van der Waals surface area contributed by atoms with Crippen LogP contribution in [0.3, 0.4) is 0 Å². The molecule has 3 nitrogen and oxygen atoms in total. The maximum absolute atomic E-state index is 12.4. The number of carbonyl (C=O) groups is 1. The minimum atomic E-state index is -0.0788. The summed E-state index contributed by atoms with van der Waals surface area (Å²) < 4.78 is 0. The number of anilines is 1. The maximum atomic E-state index is 12.4. The third-order valence-electron chi connectivity index (χ3n) is 3.52. The number of aliphatic hydroxyl groups excluding tert-OH is 1. The molecular weight excluding hydrogens is 262 g/mol. The Labute approximate surface area is 125 Å². The van der Waals surface area contributed by atoms with Crippen LogP contribution in [0, 0.1) is 13.8 Å². The van der Waals surface area contributed by atoms with Gasteiger partial charge in [0.25, 0.3) is 5.91 Å². The summed E-state index contributed by atoms with van der Waals surface area (Å²) in [5.74, 6) is -0.0788. The monoisotopic (exact) mass is 283 g/mol. The van der Waals surface area contributed by atoms with Crippen molar-refractivity contribution in [3.8, 4) is 0 Å². The predicted octanol–water partition coefficient (Wildman–Crippen LogP) is 3.48. The Balaban J connectivity index is 2.16. The van der Waals surface area contributed by atoms with Gasteiger partial charge >= 0.3 is 0 Å². The van der Waals surface area contributed by atoms with Gasteiger partial charge in [-0.25, -0.2) is 0 Å². The molecule has 0 aliphatic heterocycles. The molecule has 1 amide bonds. The van der Waals surface area contributed by atoms with Gasteiger partial charge in [0.2, 0.25) is 0 Å². The second-order valence-corrected chi connectivity index (χ2v) is 5.25. The van der Waals surface area contributed by atoms with Crippen molar-refractivity contribution >= 4 is 11.6 Å². The van der Waals surface area contributed by atoms with Gasteiger partial charge in [0, 0.05) is 17.9 Å². The first-order valence-corrected chi connectivity index (χ1v) is 7.19. The molecule has 2 rings (SSSR count).